The molecule has 2 atom stereocenters. The van der Waals surface area contributed by atoms with Gasteiger partial charge in [-0.2, -0.15) is 5.10 Å². The van der Waals surface area contributed by atoms with E-state index in [1.165, 1.54) is 23.3 Å². The summed E-state index contributed by atoms with van der Waals surface area (Å²) in [5.74, 6) is 0.404. The van der Waals surface area contributed by atoms with Crippen molar-refractivity contribution in [2.75, 3.05) is 6.54 Å². The van der Waals surface area contributed by atoms with Crippen LogP contribution in [0.4, 0.5) is 0 Å². The lowest BCUT2D eigenvalue weighted by atomic mass is 9.86. The Morgan fingerprint density at radius 2 is 2.30 bits per heavy atom. The summed E-state index contributed by atoms with van der Waals surface area (Å²) in [6.07, 6.45) is 6.27. The Morgan fingerprint density at radius 1 is 1.40 bits per heavy atom. The number of nitrogens with one attached hydrogen (secondary N) is 2. The normalized spacial score (nSPS) is 23.1. The lowest BCUT2D eigenvalue weighted by Gasteiger charge is -2.27. The van der Waals surface area contributed by atoms with E-state index in [1.54, 1.807) is 11.3 Å². The second kappa shape index (κ2) is 6.52. The molecule has 0 aliphatic heterocycles. The van der Waals surface area contributed by atoms with E-state index in [0.717, 1.165) is 31.6 Å². The highest BCUT2D eigenvalue weighted by molar-refractivity contribution is 7.13. The third-order valence-corrected chi connectivity index (χ3v) is 4.96. The Hall–Kier alpha value is -1.17. The largest absolute Gasteiger partial charge is 0.393 e. The maximum atomic E-state index is 9.97. The highest BCUT2D eigenvalue weighted by Crippen LogP contribution is 2.26. The highest BCUT2D eigenvalue weighted by atomic mass is 32.1. The van der Waals surface area contributed by atoms with Crippen LogP contribution in [0.3, 0.4) is 0 Å². The van der Waals surface area contributed by atoms with E-state index in [0.29, 0.717) is 5.92 Å². The van der Waals surface area contributed by atoms with Gasteiger partial charge in [0.2, 0.25) is 0 Å². The first-order valence-electron chi connectivity index (χ1n) is 7.29. The molecule has 3 rings (SSSR count). The number of aliphatic hydroxyl groups is 1. The molecular formula is C15H21N3OS. The van der Waals surface area contributed by atoms with Crippen LogP contribution in [-0.4, -0.2) is 28.0 Å². The summed E-state index contributed by atoms with van der Waals surface area (Å²) in [6.45, 7) is 1.68. The number of hydrogen-bond acceptors (Lipinski definition) is 4. The first kappa shape index (κ1) is 13.8. The molecule has 2 heterocycles. The molecule has 2 aromatic rings. The van der Waals surface area contributed by atoms with E-state index in [9.17, 15) is 5.11 Å². The monoisotopic (exact) mass is 291 g/mol. The molecule has 20 heavy (non-hydrogen) atoms. The summed E-state index contributed by atoms with van der Waals surface area (Å²) >= 11 is 1.72. The number of aromatic amines is 1. The molecule has 0 radical (unpaired) electrons. The van der Waals surface area contributed by atoms with E-state index in [2.05, 4.69) is 33.0 Å². The first-order chi connectivity index (χ1) is 9.84. The molecule has 1 aliphatic rings. The molecule has 3 N–H and O–H groups in total. The van der Waals surface area contributed by atoms with Crippen molar-refractivity contribution in [2.24, 2.45) is 5.92 Å². The van der Waals surface area contributed by atoms with Crippen molar-refractivity contribution in [1.29, 1.82) is 0 Å². The summed E-state index contributed by atoms with van der Waals surface area (Å²) in [5, 5.41) is 22.8. The van der Waals surface area contributed by atoms with Crippen molar-refractivity contribution >= 4 is 11.3 Å². The smallest absolute Gasteiger partial charge is 0.0794 e. The Kier molecular flexibility index (Phi) is 4.50. The molecule has 108 valence electrons. The number of nitrogens with zero attached hydrogens (tertiary/aromatic N) is 1. The van der Waals surface area contributed by atoms with Crippen LogP contribution in [0.5, 0.6) is 0 Å². The fourth-order valence-electron chi connectivity index (χ4n) is 2.90. The van der Waals surface area contributed by atoms with Crippen LogP contribution >= 0.6 is 11.3 Å². The number of rotatable bonds is 5. The zero-order chi connectivity index (χ0) is 13.8. The minimum absolute atomic E-state index is 0.127. The van der Waals surface area contributed by atoms with Gasteiger partial charge in [-0.3, -0.25) is 5.10 Å². The van der Waals surface area contributed by atoms with Gasteiger partial charge >= 0.3 is 0 Å². The quantitative estimate of drug-likeness (QED) is 0.794. The van der Waals surface area contributed by atoms with Gasteiger partial charge in [0.1, 0.15) is 0 Å². The van der Waals surface area contributed by atoms with E-state index < -0.39 is 0 Å². The third kappa shape index (κ3) is 3.11. The average Bonchev–Trinajstić information content (AvgIpc) is 3.11. The number of hydrogen-bond donors (Lipinski definition) is 3. The van der Waals surface area contributed by atoms with Gasteiger partial charge in [0.15, 0.2) is 0 Å². The van der Waals surface area contributed by atoms with Gasteiger partial charge in [0.05, 0.1) is 22.9 Å². The molecule has 0 amide bonds. The molecule has 5 heteroatoms. The van der Waals surface area contributed by atoms with E-state index in [4.69, 9.17) is 0 Å². The zero-order valence-electron chi connectivity index (χ0n) is 11.5. The van der Waals surface area contributed by atoms with Crippen molar-refractivity contribution in [3.63, 3.8) is 0 Å². The molecule has 1 saturated carbocycles. The summed E-state index contributed by atoms with van der Waals surface area (Å²) in [5.41, 5.74) is 2.30. The molecule has 1 fully saturated rings. The first-order valence-corrected chi connectivity index (χ1v) is 8.17. The Bertz CT molecular complexity index is 523. The minimum Gasteiger partial charge on any atom is -0.393 e. The third-order valence-electron chi connectivity index (χ3n) is 4.08. The van der Waals surface area contributed by atoms with E-state index in [-0.39, 0.29) is 6.10 Å². The van der Waals surface area contributed by atoms with Crippen LogP contribution in [0.1, 0.15) is 31.2 Å². The molecular weight excluding hydrogens is 270 g/mol. The number of thiophene rings is 1. The summed E-state index contributed by atoms with van der Waals surface area (Å²) in [6, 6.07) is 4.16. The van der Waals surface area contributed by atoms with Gasteiger partial charge < -0.3 is 10.4 Å². The van der Waals surface area contributed by atoms with Gasteiger partial charge in [0, 0.05) is 18.7 Å². The zero-order valence-corrected chi connectivity index (χ0v) is 12.3. The van der Waals surface area contributed by atoms with Gasteiger partial charge in [-0.25, -0.2) is 0 Å². The van der Waals surface area contributed by atoms with Crippen LogP contribution in [0.25, 0.3) is 10.6 Å². The minimum atomic E-state index is -0.127. The van der Waals surface area contributed by atoms with E-state index >= 15 is 0 Å². The fourth-order valence-corrected chi connectivity index (χ4v) is 3.65. The topological polar surface area (TPSA) is 60.9 Å². The van der Waals surface area contributed by atoms with E-state index in [1.807, 2.05) is 6.20 Å². The van der Waals surface area contributed by atoms with Gasteiger partial charge in [0.25, 0.3) is 0 Å². The fraction of sp³-hybridized carbons (Fsp3) is 0.533. The van der Waals surface area contributed by atoms with Crippen molar-refractivity contribution in [3.05, 3.63) is 29.3 Å². The second-order valence-corrected chi connectivity index (χ2v) is 6.44. The number of H-pyrrole nitrogens is 1. The summed E-state index contributed by atoms with van der Waals surface area (Å²) < 4.78 is 0. The Morgan fingerprint density at radius 3 is 3.10 bits per heavy atom. The van der Waals surface area contributed by atoms with Crippen molar-refractivity contribution in [3.8, 4) is 10.6 Å². The molecule has 0 saturated heterocycles. The number of aliphatic hydroxyl groups excluding tert-OH is 1. The van der Waals surface area contributed by atoms with Gasteiger partial charge in [-0.1, -0.05) is 18.9 Å². The standard InChI is InChI=1S/C15H21N3OS/c19-13-5-2-1-4-11(13)8-16-9-12-10-17-18-15(12)14-6-3-7-20-14/h3,6-7,10-11,13,16,19H,1-2,4-5,8-9H2,(H,17,18). The van der Waals surface area contributed by atoms with Crippen LogP contribution in [0, 0.1) is 5.92 Å². The number of aromatic nitrogens is 2. The van der Waals surface area contributed by atoms with Crippen LogP contribution < -0.4 is 5.32 Å². The van der Waals surface area contributed by atoms with Crippen molar-refractivity contribution < 1.29 is 5.11 Å². The highest BCUT2D eigenvalue weighted by Gasteiger charge is 2.22. The molecule has 4 nitrogen and oxygen atoms in total. The second-order valence-electron chi connectivity index (χ2n) is 5.49. The maximum Gasteiger partial charge on any atom is 0.0794 e. The molecule has 2 unspecified atom stereocenters. The van der Waals surface area contributed by atoms with Gasteiger partial charge in [-0.15, -0.1) is 11.3 Å². The average molecular weight is 291 g/mol. The van der Waals surface area contributed by atoms with Crippen molar-refractivity contribution in [1.82, 2.24) is 15.5 Å². The molecule has 0 aromatic carbocycles. The molecule has 2 aromatic heterocycles. The van der Waals surface area contributed by atoms with Crippen LogP contribution in [-0.2, 0) is 6.54 Å². The van der Waals surface area contributed by atoms with Crippen LogP contribution in [0.15, 0.2) is 23.7 Å². The van der Waals surface area contributed by atoms with Crippen LogP contribution in [0.2, 0.25) is 0 Å². The lowest BCUT2D eigenvalue weighted by molar-refractivity contribution is 0.0695. The predicted octanol–water partition coefficient (Wildman–Crippen LogP) is 2.78. The molecule has 0 bridgehead atoms. The SMILES string of the molecule is OC1CCCCC1CNCc1cn[nH]c1-c1cccs1. The summed E-state index contributed by atoms with van der Waals surface area (Å²) in [4.78, 5) is 1.22. The lowest BCUT2D eigenvalue weighted by Crippen LogP contribution is -2.33. The Labute approximate surface area is 123 Å². The predicted molar refractivity (Wildman–Crippen MR) is 81.6 cm³/mol. The van der Waals surface area contributed by atoms with Gasteiger partial charge in [-0.05, 0) is 30.2 Å². The Balaban J connectivity index is 1.55. The molecule has 1 aliphatic carbocycles. The van der Waals surface area contributed by atoms with Crippen molar-refractivity contribution in [2.45, 2.75) is 38.3 Å². The maximum absolute atomic E-state index is 9.97. The summed E-state index contributed by atoms with van der Waals surface area (Å²) in [7, 11) is 0. The molecule has 0 spiro atoms.